The lowest BCUT2D eigenvalue weighted by Gasteiger charge is -1.94. The smallest absolute Gasteiger partial charge is 0.0346 e. The van der Waals surface area contributed by atoms with Crippen LogP contribution >= 0.6 is 11.3 Å². The van der Waals surface area contributed by atoms with Gasteiger partial charge in [0.25, 0.3) is 0 Å². The van der Waals surface area contributed by atoms with Crippen molar-refractivity contribution in [1.82, 2.24) is 10.3 Å². The fourth-order valence-corrected chi connectivity index (χ4v) is 2.24. The van der Waals surface area contributed by atoms with Crippen molar-refractivity contribution in [3.05, 3.63) is 40.8 Å². The lowest BCUT2D eigenvalue weighted by molar-refractivity contribution is 0.831. The van der Waals surface area contributed by atoms with Crippen molar-refractivity contribution in [2.45, 2.75) is 6.54 Å². The lowest BCUT2D eigenvalue weighted by atomic mass is 10.1. The van der Waals surface area contributed by atoms with Gasteiger partial charge in [0.1, 0.15) is 0 Å². The second-order valence-corrected chi connectivity index (χ2v) is 4.07. The topological polar surface area (TPSA) is 24.9 Å². The maximum atomic E-state index is 4.11. The van der Waals surface area contributed by atoms with Gasteiger partial charge >= 0.3 is 0 Å². The minimum atomic E-state index is 0.935. The molecule has 0 aliphatic rings. The third-order valence-electron chi connectivity index (χ3n) is 2.00. The molecule has 0 bridgehead atoms. The van der Waals surface area contributed by atoms with Gasteiger partial charge in [0, 0.05) is 29.4 Å². The van der Waals surface area contributed by atoms with Crippen LogP contribution in [-0.4, -0.2) is 12.0 Å². The molecule has 2 heterocycles. The van der Waals surface area contributed by atoms with E-state index in [1.54, 1.807) is 17.5 Å². The third kappa shape index (κ3) is 2.00. The largest absolute Gasteiger partial charge is 0.315 e. The number of nitrogens with one attached hydrogen (secondary N) is 1. The molecule has 0 saturated heterocycles. The molecule has 0 saturated carbocycles. The zero-order valence-electron chi connectivity index (χ0n) is 8.03. The highest BCUT2D eigenvalue weighted by molar-refractivity contribution is 7.10. The molecule has 1 N–H and O–H groups in total. The molecule has 2 aromatic heterocycles. The van der Waals surface area contributed by atoms with Crippen LogP contribution in [0.2, 0.25) is 0 Å². The highest BCUT2D eigenvalue weighted by atomic mass is 32.1. The van der Waals surface area contributed by atoms with Crippen molar-refractivity contribution in [3.63, 3.8) is 0 Å². The summed E-state index contributed by atoms with van der Waals surface area (Å²) < 4.78 is 0. The first-order chi connectivity index (χ1) is 6.90. The van der Waals surface area contributed by atoms with Crippen molar-refractivity contribution in [2.75, 3.05) is 7.05 Å². The molecule has 3 heteroatoms. The summed E-state index contributed by atoms with van der Waals surface area (Å²) in [6.07, 6.45) is 3.69. The molecule has 2 nitrogen and oxygen atoms in total. The Bertz CT molecular complexity index is 395. The lowest BCUT2D eigenvalue weighted by Crippen LogP contribution is -2.02. The van der Waals surface area contributed by atoms with Crippen LogP contribution in [0.3, 0.4) is 0 Å². The van der Waals surface area contributed by atoms with Crippen LogP contribution in [-0.2, 0) is 6.54 Å². The van der Waals surface area contributed by atoms with E-state index >= 15 is 0 Å². The van der Waals surface area contributed by atoms with Gasteiger partial charge in [0.15, 0.2) is 0 Å². The molecule has 0 aliphatic heterocycles. The highest BCUT2D eigenvalue weighted by Gasteiger charge is 2.00. The van der Waals surface area contributed by atoms with Gasteiger partial charge in [-0.15, -0.1) is 11.3 Å². The molecule has 0 aromatic carbocycles. The van der Waals surface area contributed by atoms with Crippen LogP contribution in [0.25, 0.3) is 11.1 Å². The molecule has 14 heavy (non-hydrogen) atoms. The quantitative estimate of drug-likeness (QED) is 0.831. The van der Waals surface area contributed by atoms with E-state index in [-0.39, 0.29) is 0 Å². The first kappa shape index (κ1) is 9.37. The molecule has 0 atom stereocenters. The van der Waals surface area contributed by atoms with E-state index in [0.29, 0.717) is 0 Å². The minimum absolute atomic E-state index is 0.935. The van der Waals surface area contributed by atoms with Gasteiger partial charge in [-0.05, 0) is 30.1 Å². The molecule has 0 aliphatic carbocycles. The first-order valence-corrected chi connectivity index (χ1v) is 5.40. The fourth-order valence-electron chi connectivity index (χ4n) is 1.33. The van der Waals surface area contributed by atoms with Gasteiger partial charge in [0.2, 0.25) is 0 Å². The zero-order valence-corrected chi connectivity index (χ0v) is 8.84. The average molecular weight is 204 g/mol. The second-order valence-electron chi connectivity index (χ2n) is 3.07. The van der Waals surface area contributed by atoms with Crippen LogP contribution in [0, 0.1) is 0 Å². The second kappa shape index (κ2) is 4.35. The zero-order chi connectivity index (χ0) is 9.80. The Morgan fingerprint density at radius 2 is 2.36 bits per heavy atom. The number of thiophene rings is 1. The minimum Gasteiger partial charge on any atom is -0.315 e. The summed E-state index contributed by atoms with van der Waals surface area (Å²) in [5.74, 6) is 0. The van der Waals surface area contributed by atoms with Crippen LogP contribution in [0.1, 0.15) is 4.88 Å². The van der Waals surface area contributed by atoms with Gasteiger partial charge in [-0.1, -0.05) is 6.07 Å². The summed E-state index contributed by atoms with van der Waals surface area (Å²) in [5.41, 5.74) is 2.44. The van der Waals surface area contributed by atoms with Crippen LogP contribution < -0.4 is 5.32 Å². The predicted molar refractivity (Wildman–Crippen MR) is 60.3 cm³/mol. The summed E-state index contributed by atoms with van der Waals surface area (Å²) in [7, 11) is 1.96. The Balaban J connectivity index is 2.25. The van der Waals surface area contributed by atoms with Crippen molar-refractivity contribution in [1.29, 1.82) is 0 Å². The summed E-state index contributed by atoms with van der Waals surface area (Å²) in [5, 5.41) is 5.31. The van der Waals surface area contributed by atoms with Gasteiger partial charge in [-0.25, -0.2) is 0 Å². The van der Waals surface area contributed by atoms with Gasteiger partial charge in [-0.3, -0.25) is 4.98 Å². The Labute approximate surface area is 87.6 Å². The van der Waals surface area contributed by atoms with Crippen molar-refractivity contribution in [2.24, 2.45) is 0 Å². The average Bonchev–Trinajstić information content (AvgIpc) is 2.68. The third-order valence-corrected chi connectivity index (χ3v) is 2.94. The van der Waals surface area contributed by atoms with Gasteiger partial charge < -0.3 is 5.32 Å². The maximum Gasteiger partial charge on any atom is 0.0346 e. The van der Waals surface area contributed by atoms with Gasteiger partial charge in [-0.2, -0.15) is 0 Å². The van der Waals surface area contributed by atoms with E-state index in [2.05, 4.69) is 27.8 Å². The number of nitrogens with zero attached hydrogens (tertiary/aromatic N) is 1. The van der Waals surface area contributed by atoms with Crippen LogP contribution in [0.4, 0.5) is 0 Å². The molecule has 0 spiro atoms. The Kier molecular flexibility index (Phi) is 2.91. The standard InChI is InChI=1S/C11H12N2S/c1-12-7-11-5-10(8-14-11)9-3-2-4-13-6-9/h2-6,8,12H,7H2,1H3. The number of hydrogen-bond acceptors (Lipinski definition) is 3. The van der Waals surface area contributed by atoms with E-state index in [9.17, 15) is 0 Å². The maximum absolute atomic E-state index is 4.11. The number of pyridine rings is 1. The molecule has 72 valence electrons. The molecular weight excluding hydrogens is 192 g/mol. The first-order valence-electron chi connectivity index (χ1n) is 4.52. The monoisotopic (exact) mass is 204 g/mol. The van der Waals surface area contributed by atoms with E-state index in [4.69, 9.17) is 0 Å². The molecule has 2 aromatic rings. The van der Waals surface area contributed by atoms with Crippen molar-refractivity contribution >= 4 is 11.3 Å². The van der Waals surface area contributed by atoms with Gasteiger partial charge in [0.05, 0.1) is 0 Å². The van der Waals surface area contributed by atoms with Crippen LogP contribution in [0.15, 0.2) is 36.0 Å². The SMILES string of the molecule is CNCc1cc(-c2cccnc2)cs1. The molecule has 0 unspecified atom stereocenters. The normalized spacial score (nSPS) is 10.4. The number of aromatic nitrogens is 1. The van der Waals surface area contributed by atoms with E-state index < -0.39 is 0 Å². The van der Waals surface area contributed by atoms with Crippen molar-refractivity contribution in [3.8, 4) is 11.1 Å². The Hall–Kier alpha value is -1.19. The summed E-state index contributed by atoms with van der Waals surface area (Å²) in [6.45, 7) is 0.935. The summed E-state index contributed by atoms with van der Waals surface area (Å²) in [4.78, 5) is 5.46. The number of hydrogen-bond donors (Lipinski definition) is 1. The van der Waals surface area contributed by atoms with E-state index in [1.165, 1.54) is 16.0 Å². The molecule has 0 fully saturated rings. The van der Waals surface area contributed by atoms with Crippen LogP contribution in [0.5, 0.6) is 0 Å². The summed E-state index contributed by atoms with van der Waals surface area (Å²) >= 11 is 1.78. The Morgan fingerprint density at radius 1 is 1.43 bits per heavy atom. The molecule has 2 rings (SSSR count). The van der Waals surface area contributed by atoms with E-state index in [1.807, 2.05) is 19.3 Å². The van der Waals surface area contributed by atoms with Crippen molar-refractivity contribution < 1.29 is 0 Å². The van der Waals surface area contributed by atoms with E-state index in [0.717, 1.165) is 6.54 Å². The fraction of sp³-hybridized carbons (Fsp3) is 0.182. The summed E-state index contributed by atoms with van der Waals surface area (Å²) in [6, 6.07) is 6.25. The Morgan fingerprint density at radius 3 is 3.07 bits per heavy atom. The number of rotatable bonds is 3. The highest BCUT2D eigenvalue weighted by Crippen LogP contribution is 2.24. The molecule has 0 amide bonds. The molecule has 0 radical (unpaired) electrons. The molecular formula is C11H12N2S. The predicted octanol–water partition coefficient (Wildman–Crippen LogP) is 2.53.